The van der Waals surface area contributed by atoms with Crippen molar-refractivity contribution in [2.45, 2.75) is 25.4 Å². The molecule has 1 atom stereocenters. The van der Waals surface area contributed by atoms with Gasteiger partial charge in [-0.3, -0.25) is 4.79 Å². The normalized spacial score (nSPS) is 23.4. The summed E-state index contributed by atoms with van der Waals surface area (Å²) in [6.07, 6.45) is 3.13. The zero-order valence-electron chi connectivity index (χ0n) is 10.8. The Balaban J connectivity index is 1.63. The number of carbonyl (C=O) groups is 1. The van der Waals surface area contributed by atoms with E-state index in [0.717, 1.165) is 17.1 Å². The summed E-state index contributed by atoms with van der Waals surface area (Å²) in [6, 6.07) is 7.68. The van der Waals surface area contributed by atoms with Crippen molar-refractivity contribution < 1.29 is 9.53 Å². The van der Waals surface area contributed by atoms with Crippen molar-refractivity contribution in [2.75, 3.05) is 19.7 Å². The molecule has 2 aliphatic rings. The average Bonchev–Trinajstić information content (AvgIpc) is 3.24. The van der Waals surface area contributed by atoms with Crippen LogP contribution < -0.4 is 0 Å². The number of nitrogens with zero attached hydrogens (tertiary/aromatic N) is 1. The first-order chi connectivity index (χ1) is 9.22. The molecule has 0 unspecified atom stereocenters. The lowest BCUT2D eigenvalue weighted by Crippen LogP contribution is -2.42. The molecule has 3 rings (SSSR count). The predicted octanol–water partition coefficient (Wildman–Crippen LogP) is 3.04. The van der Waals surface area contributed by atoms with Crippen LogP contribution in [0.3, 0.4) is 0 Å². The molecular formula is C15H18ClNO2. The quantitative estimate of drug-likeness (QED) is 0.851. The molecule has 19 heavy (non-hydrogen) atoms. The van der Waals surface area contributed by atoms with Crippen molar-refractivity contribution in [1.29, 1.82) is 0 Å². The van der Waals surface area contributed by atoms with E-state index >= 15 is 0 Å². The number of morpholine rings is 1. The first-order valence-corrected chi connectivity index (χ1v) is 7.25. The van der Waals surface area contributed by atoms with E-state index in [-0.39, 0.29) is 12.0 Å². The Bertz CT molecular complexity index is 456. The lowest BCUT2D eigenvalue weighted by atomic mass is 10.1. The molecule has 0 bridgehead atoms. The predicted molar refractivity (Wildman–Crippen MR) is 74.1 cm³/mol. The van der Waals surface area contributed by atoms with Crippen molar-refractivity contribution in [3.05, 3.63) is 34.9 Å². The molecule has 1 aliphatic carbocycles. The van der Waals surface area contributed by atoms with Crippen molar-refractivity contribution >= 4 is 17.5 Å². The third kappa shape index (κ3) is 3.28. The summed E-state index contributed by atoms with van der Waals surface area (Å²) in [5.74, 6) is 0.925. The highest BCUT2D eigenvalue weighted by atomic mass is 35.5. The fourth-order valence-electron chi connectivity index (χ4n) is 2.45. The molecule has 1 aromatic carbocycles. The van der Waals surface area contributed by atoms with Gasteiger partial charge in [0.25, 0.3) is 0 Å². The Kier molecular flexibility index (Phi) is 3.76. The van der Waals surface area contributed by atoms with E-state index in [4.69, 9.17) is 16.3 Å². The third-order valence-corrected chi connectivity index (χ3v) is 4.07. The fraction of sp³-hybridized carbons (Fsp3) is 0.533. The highest BCUT2D eigenvalue weighted by Gasteiger charge is 2.30. The molecule has 102 valence electrons. The molecule has 1 heterocycles. The standard InChI is InChI=1S/C15H18ClNO2/c16-13-5-3-12(4-6-13)14-10-17(7-8-19-14)15(18)9-11-1-2-11/h3-6,11,14H,1-2,7-10H2/t14-/m0/s1. The highest BCUT2D eigenvalue weighted by Crippen LogP contribution is 2.33. The molecule has 3 nitrogen and oxygen atoms in total. The molecule has 1 saturated carbocycles. The summed E-state index contributed by atoms with van der Waals surface area (Å²) >= 11 is 5.89. The lowest BCUT2D eigenvalue weighted by Gasteiger charge is -2.33. The zero-order chi connectivity index (χ0) is 13.2. The van der Waals surface area contributed by atoms with Gasteiger partial charge >= 0.3 is 0 Å². The second kappa shape index (κ2) is 5.51. The first-order valence-electron chi connectivity index (χ1n) is 6.87. The van der Waals surface area contributed by atoms with Crippen LogP contribution in [0.1, 0.15) is 30.9 Å². The van der Waals surface area contributed by atoms with Gasteiger partial charge in [0.2, 0.25) is 5.91 Å². The molecule has 4 heteroatoms. The fourth-order valence-corrected chi connectivity index (χ4v) is 2.58. The van der Waals surface area contributed by atoms with Crippen molar-refractivity contribution in [1.82, 2.24) is 4.90 Å². The van der Waals surface area contributed by atoms with E-state index in [1.54, 1.807) is 0 Å². The molecule has 1 aromatic rings. The first kappa shape index (κ1) is 12.9. The van der Waals surface area contributed by atoms with Gasteiger partial charge < -0.3 is 9.64 Å². The SMILES string of the molecule is O=C(CC1CC1)N1CCO[C@H](c2ccc(Cl)cc2)C1. The molecule has 0 aromatic heterocycles. The van der Waals surface area contributed by atoms with Crippen LogP contribution in [-0.4, -0.2) is 30.5 Å². The van der Waals surface area contributed by atoms with Crippen LogP contribution in [0.15, 0.2) is 24.3 Å². The number of carbonyl (C=O) groups excluding carboxylic acids is 1. The summed E-state index contributed by atoms with van der Waals surface area (Å²) in [4.78, 5) is 14.1. The van der Waals surface area contributed by atoms with E-state index in [9.17, 15) is 4.79 Å². The van der Waals surface area contributed by atoms with Gasteiger partial charge in [-0.2, -0.15) is 0 Å². The van der Waals surface area contributed by atoms with Crippen molar-refractivity contribution in [2.24, 2.45) is 5.92 Å². The zero-order valence-corrected chi connectivity index (χ0v) is 11.6. The van der Waals surface area contributed by atoms with E-state index in [1.807, 2.05) is 29.2 Å². The Morgan fingerprint density at radius 2 is 2.05 bits per heavy atom. The van der Waals surface area contributed by atoms with Crippen molar-refractivity contribution in [3.8, 4) is 0 Å². The van der Waals surface area contributed by atoms with Gasteiger partial charge in [0.1, 0.15) is 6.10 Å². The maximum absolute atomic E-state index is 12.1. The van der Waals surface area contributed by atoms with Crippen LogP contribution in [0.4, 0.5) is 0 Å². The number of rotatable bonds is 3. The summed E-state index contributed by atoms with van der Waals surface area (Å²) in [6.45, 7) is 1.99. The molecule has 0 radical (unpaired) electrons. The maximum Gasteiger partial charge on any atom is 0.223 e. The van der Waals surface area contributed by atoms with Gasteiger partial charge in [0.05, 0.1) is 13.2 Å². The third-order valence-electron chi connectivity index (χ3n) is 3.82. The molecule has 1 aliphatic heterocycles. The number of halogens is 1. The number of benzene rings is 1. The van der Waals surface area contributed by atoms with Gasteiger partial charge in [0, 0.05) is 18.0 Å². The molecule has 1 amide bonds. The number of ether oxygens (including phenoxy) is 1. The lowest BCUT2D eigenvalue weighted by molar-refractivity contribution is -0.139. The summed E-state index contributed by atoms with van der Waals surface area (Å²) in [5, 5.41) is 0.723. The number of hydrogen-bond donors (Lipinski definition) is 0. The molecular weight excluding hydrogens is 262 g/mol. The average molecular weight is 280 g/mol. The number of amides is 1. The maximum atomic E-state index is 12.1. The van der Waals surface area contributed by atoms with Crippen molar-refractivity contribution in [3.63, 3.8) is 0 Å². The topological polar surface area (TPSA) is 29.5 Å². The minimum absolute atomic E-state index is 0.0193. The van der Waals surface area contributed by atoms with Gasteiger partial charge in [-0.15, -0.1) is 0 Å². The monoisotopic (exact) mass is 279 g/mol. The molecule has 0 spiro atoms. The van der Waals surface area contributed by atoms with Crippen LogP contribution in [-0.2, 0) is 9.53 Å². The van der Waals surface area contributed by atoms with Crippen LogP contribution in [0.25, 0.3) is 0 Å². The summed E-state index contributed by atoms with van der Waals surface area (Å²) in [7, 11) is 0. The summed E-state index contributed by atoms with van der Waals surface area (Å²) in [5.41, 5.74) is 1.09. The Hall–Kier alpha value is -1.06. The summed E-state index contributed by atoms with van der Waals surface area (Å²) < 4.78 is 5.77. The minimum atomic E-state index is -0.0193. The van der Waals surface area contributed by atoms with Crippen LogP contribution >= 0.6 is 11.6 Å². The second-order valence-electron chi connectivity index (χ2n) is 5.40. The highest BCUT2D eigenvalue weighted by molar-refractivity contribution is 6.30. The smallest absolute Gasteiger partial charge is 0.223 e. The van der Waals surface area contributed by atoms with Gasteiger partial charge in [-0.25, -0.2) is 0 Å². The Labute approximate surface area is 118 Å². The Morgan fingerprint density at radius 1 is 1.32 bits per heavy atom. The van der Waals surface area contributed by atoms with Gasteiger partial charge in [-0.05, 0) is 36.5 Å². The molecule has 1 saturated heterocycles. The van der Waals surface area contributed by atoms with E-state index in [1.165, 1.54) is 12.8 Å². The molecule has 2 fully saturated rings. The number of hydrogen-bond acceptors (Lipinski definition) is 2. The van der Waals surface area contributed by atoms with Crippen LogP contribution in [0.2, 0.25) is 5.02 Å². The second-order valence-corrected chi connectivity index (χ2v) is 5.83. The molecule has 0 N–H and O–H groups in total. The van der Waals surface area contributed by atoms with Gasteiger partial charge in [-0.1, -0.05) is 23.7 Å². The largest absolute Gasteiger partial charge is 0.370 e. The van der Waals surface area contributed by atoms with E-state index < -0.39 is 0 Å². The minimum Gasteiger partial charge on any atom is -0.370 e. The van der Waals surface area contributed by atoms with E-state index in [0.29, 0.717) is 25.5 Å². The van der Waals surface area contributed by atoms with Crippen LogP contribution in [0.5, 0.6) is 0 Å². The van der Waals surface area contributed by atoms with Crippen LogP contribution in [0, 0.1) is 5.92 Å². The van der Waals surface area contributed by atoms with E-state index in [2.05, 4.69) is 0 Å². The van der Waals surface area contributed by atoms with Gasteiger partial charge in [0.15, 0.2) is 0 Å². The Morgan fingerprint density at radius 3 is 2.74 bits per heavy atom.